The molecule has 5 heteroatoms. The first-order valence-electron chi connectivity index (χ1n) is 7.29. The molecule has 110 valence electrons. The summed E-state index contributed by atoms with van der Waals surface area (Å²) < 4.78 is 5.39. The van der Waals surface area contributed by atoms with Crippen molar-refractivity contribution in [1.29, 1.82) is 0 Å². The number of nitrogens with zero attached hydrogens (tertiary/aromatic N) is 2. The summed E-state index contributed by atoms with van der Waals surface area (Å²) in [6.07, 6.45) is 3.59. The minimum Gasteiger partial charge on any atom is -0.444 e. The molecule has 2 heterocycles. The second kappa shape index (κ2) is 5.29. The van der Waals surface area contributed by atoms with E-state index in [0.29, 0.717) is 19.6 Å². The monoisotopic (exact) mass is 269 g/mol. The molecule has 0 aromatic carbocycles. The molecule has 0 aromatic rings. The van der Waals surface area contributed by atoms with Crippen LogP contribution in [0.2, 0.25) is 0 Å². The van der Waals surface area contributed by atoms with E-state index >= 15 is 0 Å². The topological polar surface area (TPSA) is 58.8 Å². The standard InChI is InChI=1S/C14H27N3O2/c1-13(2,3)19-12(18)16-10-14(9-15,11-16)17-7-5-4-6-8-17/h4-11,15H2,1-3H3. The van der Waals surface area contributed by atoms with Crippen LogP contribution < -0.4 is 5.73 Å². The second-order valence-electron chi connectivity index (χ2n) is 6.81. The maximum atomic E-state index is 12.0. The van der Waals surface area contributed by atoms with Crippen molar-refractivity contribution in [3.63, 3.8) is 0 Å². The third kappa shape index (κ3) is 3.20. The minimum absolute atomic E-state index is 0.00265. The van der Waals surface area contributed by atoms with Crippen LogP contribution in [0.25, 0.3) is 0 Å². The number of rotatable bonds is 2. The lowest BCUT2D eigenvalue weighted by Crippen LogP contribution is -2.75. The first-order valence-corrected chi connectivity index (χ1v) is 7.29. The average Bonchev–Trinajstić information content (AvgIpc) is 2.27. The largest absolute Gasteiger partial charge is 0.444 e. The molecule has 0 bridgehead atoms. The fourth-order valence-electron chi connectivity index (χ4n) is 2.95. The zero-order valence-electron chi connectivity index (χ0n) is 12.4. The van der Waals surface area contributed by atoms with E-state index in [4.69, 9.17) is 10.5 Å². The van der Waals surface area contributed by atoms with Gasteiger partial charge in [0.25, 0.3) is 0 Å². The quantitative estimate of drug-likeness (QED) is 0.823. The van der Waals surface area contributed by atoms with Gasteiger partial charge < -0.3 is 15.4 Å². The smallest absolute Gasteiger partial charge is 0.410 e. The number of hydrogen-bond acceptors (Lipinski definition) is 4. The van der Waals surface area contributed by atoms with E-state index in [9.17, 15) is 4.79 Å². The Morgan fingerprint density at radius 3 is 2.26 bits per heavy atom. The van der Waals surface area contributed by atoms with E-state index in [-0.39, 0.29) is 11.6 Å². The summed E-state index contributed by atoms with van der Waals surface area (Å²) in [6.45, 7) is 9.93. The lowest BCUT2D eigenvalue weighted by atomic mass is 9.86. The molecule has 2 aliphatic rings. The van der Waals surface area contributed by atoms with Crippen LogP contribution in [0.15, 0.2) is 0 Å². The highest BCUT2D eigenvalue weighted by atomic mass is 16.6. The van der Waals surface area contributed by atoms with Crippen LogP contribution in [0.4, 0.5) is 4.79 Å². The molecule has 2 saturated heterocycles. The van der Waals surface area contributed by atoms with Crippen LogP contribution >= 0.6 is 0 Å². The van der Waals surface area contributed by atoms with Crippen LogP contribution in [0, 0.1) is 0 Å². The molecule has 2 N–H and O–H groups in total. The van der Waals surface area contributed by atoms with Crippen LogP contribution in [0.1, 0.15) is 40.0 Å². The van der Waals surface area contributed by atoms with Crippen molar-refractivity contribution in [2.75, 3.05) is 32.7 Å². The Morgan fingerprint density at radius 2 is 1.79 bits per heavy atom. The Hall–Kier alpha value is -0.810. The summed E-state index contributed by atoms with van der Waals surface area (Å²) in [5, 5.41) is 0. The molecule has 2 fully saturated rings. The summed E-state index contributed by atoms with van der Waals surface area (Å²) >= 11 is 0. The Kier molecular flexibility index (Phi) is 4.06. The number of piperidine rings is 1. The van der Waals surface area contributed by atoms with Gasteiger partial charge in [0.05, 0.1) is 5.54 Å². The summed E-state index contributed by atoms with van der Waals surface area (Å²) in [5.74, 6) is 0. The number of ether oxygens (including phenoxy) is 1. The number of amides is 1. The molecule has 1 amide bonds. The molecule has 2 aliphatic heterocycles. The van der Waals surface area contributed by atoms with Crippen molar-refractivity contribution in [1.82, 2.24) is 9.80 Å². The molecule has 19 heavy (non-hydrogen) atoms. The molecular weight excluding hydrogens is 242 g/mol. The maximum absolute atomic E-state index is 12.0. The molecule has 5 nitrogen and oxygen atoms in total. The lowest BCUT2D eigenvalue weighted by Gasteiger charge is -2.56. The number of carbonyl (C=O) groups is 1. The van der Waals surface area contributed by atoms with E-state index in [0.717, 1.165) is 13.1 Å². The van der Waals surface area contributed by atoms with Gasteiger partial charge in [-0.2, -0.15) is 0 Å². The van der Waals surface area contributed by atoms with Gasteiger partial charge in [0.1, 0.15) is 5.60 Å². The molecule has 0 atom stereocenters. The molecule has 0 saturated carbocycles. The number of hydrogen-bond donors (Lipinski definition) is 1. The lowest BCUT2D eigenvalue weighted by molar-refractivity contribution is -0.0658. The van der Waals surface area contributed by atoms with Gasteiger partial charge in [-0.15, -0.1) is 0 Å². The van der Waals surface area contributed by atoms with Crippen LogP contribution in [-0.2, 0) is 4.74 Å². The zero-order chi connectivity index (χ0) is 14.1. The van der Waals surface area contributed by atoms with Gasteiger partial charge in [-0.05, 0) is 46.7 Å². The molecule has 0 unspecified atom stereocenters. The first-order chi connectivity index (χ1) is 8.86. The Bertz CT molecular complexity index is 326. The molecule has 2 rings (SSSR count). The van der Waals surface area contributed by atoms with Crippen molar-refractivity contribution in [3.8, 4) is 0 Å². The van der Waals surface area contributed by atoms with E-state index < -0.39 is 5.60 Å². The van der Waals surface area contributed by atoms with Crippen LogP contribution in [-0.4, -0.2) is 59.8 Å². The minimum atomic E-state index is -0.427. The third-order valence-electron chi connectivity index (χ3n) is 4.03. The predicted octanol–water partition coefficient (Wildman–Crippen LogP) is 1.42. The number of carbonyl (C=O) groups excluding carboxylic acids is 1. The van der Waals surface area contributed by atoms with Gasteiger partial charge >= 0.3 is 6.09 Å². The normalized spacial score (nSPS) is 23.9. The zero-order valence-corrected chi connectivity index (χ0v) is 12.4. The highest BCUT2D eigenvalue weighted by molar-refractivity contribution is 5.69. The van der Waals surface area contributed by atoms with Gasteiger partial charge in [0.15, 0.2) is 0 Å². The van der Waals surface area contributed by atoms with Crippen molar-refractivity contribution in [2.24, 2.45) is 5.73 Å². The van der Waals surface area contributed by atoms with Crippen molar-refractivity contribution < 1.29 is 9.53 Å². The SMILES string of the molecule is CC(C)(C)OC(=O)N1CC(CN)(N2CCCCC2)C1. The summed E-state index contributed by atoms with van der Waals surface area (Å²) in [5.41, 5.74) is 5.54. The van der Waals surface area contributed by atoms with Gasteiger partial charge in [-0.1, -0.05) is 6.42 Å². The van der Waals surface area contributed by atoms with Crippen molar-refractivity contribution in [3.05, 3.63) is 0 Å². The second-order valence-corrected chi connectivity index (χ2v) is 6.81. The highest BCUT2D eigenvalue weighted by Crippen LogP contribution is 2.30. The fraction of sp³-hybridized carbons (Fsp3) is 0.929. The van der Waals surface area contributed by atoms with E-state index in [2.05, 4.69) is 4.90 Å². The van der Waals surface area contributed by atoms with Crippen LogP contribution in [0.3, 0.4) is 0 Å². The van der Waals surface area contributed by atoms with E-state index in [1.54, 1.807) is 4.90 Å². The van der Waals surface area contributed by atoms with Crippen molar-refractivity contribution in [2.45, 2.75) is 51.2 Å². The Balaban J connectivity index is 1.89. The van der Waals surface area contributed by atoms with Gasteiger partial charge in [0.2, 0.25) is 0 Å². The number of likely N-dealkylation sites (tertiary alicyclic amines) is 2. The third-order valence-corrected chi connectivity index (χ3v) is 4.03. The van der Waals surface area contributed by atoms with Gasteiger partial charge in [-0.3, -0.25) is 4.90 Å². The maximum Gasteiger partial charge on any atom is 0.410 e. The first kappa shape index (κ1) is 14.6. The predicted molar refractivity (Wildman–Crippen MR) is 75.0 cm³/mol. The van der Waals surface area contributed by atoms with Crippen molar-refractivity contribution >= 4 is 6.09 Å². The van der Waals surface area contributed by atoms with Gasteiger partial charge in [0, 0.05) is 19.6 Å². The van der Waals surface area contributed by atoms with E-state index in [1.807, 2.05) is 20.8 Å². The Morgan fingerprint density at radius 1 is 1.21 bits per heavy atom. The molecule has 0 spiro atoms. The number of nitrogens with two attached hydrogens (primary N) is 1. The summed E-state index contributed by atoms with van der Waals surface area (Å²) in [6, 6.07) is 0. The van der Waals surface area contributed by atoms with Crippen LogP contribution in [0.5, 0.6) is 0 Å². The van der Waals surface area contributed by atoms with E-state index in [1.165, 1.54) is 19.3 Å². The van der Waals surface area contributed by atoms with Gasteiger partial charge in [-0.25, -0.2) is 4.79 Å². The summed E-state index contributed by atoms with van der Waals surface area (Å²) in [7, 11) is 0. The summed E-state index contributed by atoms with van der Waals surface area (Å²) in [4.78, 5) is 16.2. The highest BCUT2D eigenvalue weighted by Gasteiger charge is 2.49. The Labute approximate surface area is 116 Å². The molecular formula is C14H27N3O2. The fourth-order valence-corrected chi connectivity index (χ4v) is 2.95. The average molecular weight is 269 g/mol. The molecule has 0 radical (unpaired) electrons. The molecule has 0 aromatic heterocycles. The molecule has 0 aliphatic carbocycles.